The zero-order valence-corrected chi connectivity index (χ0v) is 13.7. The van der Waals surface area contributed by atoms with Gasteiger partial charge in [0.2, 0.25) is 5.91 Å². The van der Waals surface area contributed by atoms with Crippen molar-refractivity contribution < 1.29 is 4.79 Å². The van der Waals surface area contributed by atoms with Gasteiger partial charge in [-0.25, -0.2) is 0 Å². The van der Waals surface area contributed by atoms with Crippen molar-refractivity contribution in [3.8, 4) is 0 Å². The molecule has 120 valence electrons. The molecule has 4 nitrogen and oxygen atoms in total. The van der Waals surface area contributed by atoms with Gasteiger partial charge in [0, 0.05) is 24.5 Å². The predicted octanol–water partition coefficient (Wildman–Crippen LogP) is 2.96. The van der Waals surface area contributed by atoms with E-state index in [1.807, 2.05) is 19.2 Å². The Morgan fingerprint density at radius 2 is 1.77 bits per heavy atom. The van der Waals surface area contributed by atoms with Gasteiger partial charge in [-0.2, -0.15) is 0 Å². The van der Waals surface area contributed by atoms with Crippen LogP contribution in [0.2, 0.25) is 0 Å². The number of benzene rings is 1. The smallest absolute Gasteiger partial charge is 0.241 e. The first-order valence-electron chi connectivity index (χ1n) is 8.49. The molecule has 1 aromatic carbocycles. The van der Waals surface area contributed by atoms with E-state index in [1.165, 1.54) is 18.5 Å². The van der Waals surface area contributed by atoms with Crippen LogP contribution >= 0.6 is 0 Å². The lowest BCUT2D eigenvalue weighted by atomic mass is 9.99. The molecule has 2 heterocycles. The van der Waals surface area contributed by atoms with Crippen molar-refractivity contribution >= 4 is 17.3 Å². The van der Waals surface area contributed by atoms with E-state index < -0.39 is 0 Å². The van der Waals surface area contributed by atoms with E-state index in [4.69, 9.17) is 0 Å². The molecule has 1 amide bonds. The summed E-state index contributed by atoms with van der Waals surface area (Å²) in [5.41, 5.74) is 2.17. The molecule has 1 N–H and O–H groups in total. The van der Waals surface area contributed by atoms with Gasteiger partial charge in [-0.1, -0.05) is 6.92 Å². The molecule has 2 fully saturated rings. The number of hydrogen-bond donors (Lipinski definition) is 1. The molecule has 2 saturated heterocycles. The largest absolute Gasteiger partial charge is 0.372 e. The monoisotopic (exact) mass is 301 g/mol. The number of carbonyl (C=O) groups is 1. The van der Waals surface area contributed by atoms with E-state index in [2.05, 4.69) is 34.2 Å². The molecule has 0 bridgehead atoms. The van der Waals surface area contributed by atoms with Crippen molar-refractivity contribution in [2.75, 3.05) is 36.9 Å². The van der Waals surface area contributed by atoms with E-state index in [1.54, 1.807) is 0 Å². The van der Waals surface area contributed by atoms with Crippen molar-refractivity contribution in [2.24, 2.45) is 5.92 Å². The van der Waals surface area contributed by atoms with Gasteiger partial charge in [-0.05, 0) is 69.5 Å². The summed E-state index contributed by atoms with van der Waals surface area (Å²) in [6, 6.07) is 8.34. The minimum absolute atomic E-state index is 0.0308. The Labute approximate surface area is 133 Å². The van der Waals surface area contributed by atoms with Gasteiger partial charge in [0.1, 0.15) is 0 Å². The third kappa shape index (κ3) is 3.43. The van der Waals surface area contributed by atoms with E-state index in [9.17, 15) is 4.79 Å². The third-order valence-corrected chi connectivity index (χ3v) is 5.11. The number of likely N-dealkylation sites (tertiary alicyclic amines) is 1. The average Bonchev–Trinajstić information content (AvgIpc) is 2.95. The topological polar surface area (TPSA) is 35.6 Å². The molecule has 2 aliphatic heterocycles. The molecule has 1 aromatic rings. The van der Waals surface area contributed by atoms with Crippen LogP contribution < -0.4 is 10.2 Å². The molecule has 0 aliphatic carbocycles. The molecule has 1 unspecified atom stereocenters. The number of amides is 1. The van der Waals surface area contributed by atoms with Gasteiger partial charge in [0.05, 0.1) is 6.04 Å². The Morgan fingerprint density at radius 1 is 1.09 bits per heavy atom. The molecule has 0 saturated carbocycles. The standard InChI is InChI=1S/C18H27N3O/c1-14-9-12-21(13-10-14)16-7-5-15(6-8-16)19-18(22)17-4-3-11-20(17)2/h5-8,14,17H,3-4,9-13H2,1-2H3,(H,19,22). The summed E-state index contributed by atoms with van der Waals surface area (Å²) < 4.78 is 0. The number of carbonyl (C=O) groups excluding carboxylic acids is 1. The number of hydrogen-bond acceptors (Lipinski definition) is 3. The number of likely N-dealkylation sites (N-methyl/N-ethyl adjacent to an activating group) is 1. The molecular weight excluding hydrogens is 274 g/mol. The third-order valence-electron chi connectivity index (χ3n) is 5.11. The minimum Gasteiger partial charge on any atom is -0.372 e. The number of rotatable bonds is 3. The SMILES string of the molecule is CC1CCN(c2ccc(NC(=O)C3CCCN3C)cc2)CC1. The van der Waals surface area contributed by atoms with Gasteiger partial charge in [0.15, 0.2) is 0 Å². The Kier molecular flexibility index (Phi) is 4.67. The summed E-state index contributed by atoms with van der Waals surface area (Å²) >= 11 is 0. The summed E-state index contributed by atoms with van der Waals surface area (Å²) in [6.45, 7) is 5.62. The molecule has 22 heavy (non-hydrogen) atoms. The number of nitrogens with zero attached hydrogens (tertiary/aromatic N) is 2. The van der Waals surface area contributed by atoms with Gasteiger partial charge < -0.3 is 10.2 Å². The first-order chi connectivity index (χ1) is 10.6. The first-order valence-corrected chi connectivity index (χ1v) is 8.49. The number of nitrogens with one attached hydrogen (secondary N) is 1. The van der Waals surface area contributed by atoms with E-state index in [0.717, 1.165) is 44.1 Å². The first kappa shape index (κ1) is 15.3. The molecular formula is C18H27N3O. The van der Waals surface area contributed by atoms with E-state index >= 15 is 0 Å². The van der Waals surface area contributed by atoms with Gasteiger partial charge in [-0.15, -0.1) is 0 Å². The lowest BCUT2D eigenvalue weighted by molar-refractivity contribution is -0.119. The summed E-state index contributed by atoms with van der Waals surface area (Å²) in [6.07, 6.45) is 4.62. The zero-order chi connectivity index (χ0) is 15.5. The average molecular weight is 301 g/mol. The van der Waals surface area contributed by atoms with Crippen LogP contribution in [-0.4, -0.2) is 43.5 Å². The summed E-state index contributed by atoms with van der Waals surface area (Å²) in [5.74, 6) is 0.970. The highest BCUT2D eigenvalue weighted by Gasteiger charge is 2.27. The Hall–Kier alpha value is -1.55. The van der Waals surface area contributed by atoms with Crippen molar-refractivity contribution in [1.29, 1.82) is 0 Å². The fourth-order valence-corrected chi connectivity index (χ4v) is 3.49. The van der Waals surface area contributed by atoms with Crippen LogP contribution in [0, 0.1) is 5.92 Å². The highest BCUT2D eigenvalue weighted by Crippen LogP contribution is 2.24. The molecule has 3 rings (SSSR count). The Balaban J connectivity index is 1.58. The predicted molar refractivity (Wildman–Crippen MR) is 91.3 cm³/mol. The molecule has 4 heteroatoms. The second kappa shape index (κ2) is 6.69. The Bertz CT molecular complexity index is 506. The molecule has 1 atom stereocenters. The highest BCUT2D eigenvalue weighted by molar-refractivity contribution is 5.95. The van der Waals surface area contributed by atoms with E-state index in [0.29, 0.717) is 0 Å². The maximum Gasteiger partial charge on any atom is 0.241 e. The van der Waals surface area contributed by atoms with Crippen LogP contribution in [0.4, 0.5) is 11.4 Å². The number of anilines is 2. The van der Waals surface area contributed by atoms with E-state index in [-0.39, 0.29) is 11.9 Å². The Morgan fingerprint density at radius 3 is 2.36 bits per heavy atom. The second-order valence-electron chi connectivity index (χ2n) is 6.84. The van der Waals surface area contributed by atoms with Gasteiger partial charge >= 0.3 is 0 Å². The van der Waals surface area contributed by atoms with Gasteiger partial charge in [0.25, 0.3) is 0 Å². The molecule has 2 aliphatic rings. The fraction of sp³-hybridized carbons (Fsp3) is 0.611. The van der Waals surface area contributed by atoms with Crippen LogP contribution in [0.25, 0.3) is 0 Å². The molecule has 0 spiro atoms. The molecule has 0 radical (unpaired) electrons. The van der Waals surface area contributed by atoms with Crippen molar-refractivity contribution in [3.63, 3.8) is 0 Å². The number of piperidine rings is 1. The summed E-state index contributed by atoms with van der Waals surface area (Å²) in [7, 11) is 2.03. The highest BCUT2D eigenvalue weighted by atomic mass is 16.2. The normalized spacial score (nSPS) is 23.7. The zero-order valence-electron chi connectivity index (χ0n) is 13.7. The van der Waals surface area contributed by atoms with Crippen LogP contribution in [0.1, 0.15) is 32.6 Å². The summed E-state index contributed by atoms with van der Waals surface area (Å²) in [4.78, 5) is 16.9. The van der Waals surface area contributed by atoms with Crippen molar-refractivity contribution in [3.05, 3.63) is 24.3 Å². The maximum atomic E-state index is 12.3. The van der Waals surface area contributed by atoms with Crippen molar-refractivity contribution in [1.82, 2.24) is 4.90 Å². The lowest BCUT2D eigenvalue weighted by Gasteiger charge is -2.32. The molecule has 0 aromatic heterocycles. The van der Waals surface area contributed by atoms with Crippen LogP contribution in [0.3, 0.4) is 0 Å². The lowest BCUT2D eigenvalue weighted by Crippen LogP contribution is -2.37. The van der Waals surface area contributed by atoms with Gasteiger partial charge in [-0.3, -0.25) is 9.69 Å². The quantitative estimate of drug-likeness (QED) is 0.932. The fourth-order valence-electron chi connectivity index (χ4n) is 3.49. The van der Waals surface area contributed by atoms with Crippen LogP contribution in [-0.2, 0) is 4.79 Å². The van der Waals surface area contributed by atoms with Crippen LogP contribution in [0.15, 0.2) is 24.3 Å². The van der Waals surface area contributed by atoms with Crippen molar-refractivity contribution in [2.45, 2.75) is 38.6 Å². The van der Waals surface area contributed by atoms with Crippen LogP contribution in [0.5, 0.6) is 0 Å². The second-order valence-corrected chi connectivity index (χ2v) is 6.84. The maximum absolute atomic E-state index is 12.3. The minimum atomic E-state index is 0.0308. The summed E-state index contributed by atoms with van der Waals surface area (Å²) in [5, 5.41) is 3.05.